The van der Waals surface area contributed by atoms with Gasteiger partial charge in [-0.05, 0) is 30.7 Å². The van der Waals surface area contributed by atoms with Gasteiger partial charge in [0.2, 0.25) is 0 Å². The molecular weight excluding hydrogens is 348 g/mol. The molecule has 0 aliphatic carbocycles. The fourth-order valence-corrected chi connectivity index (χ4v) is 2.41. The molecule has 1 aromatic carbocycles. The van der Waals surface area contributed by atoms with Crippen molar-refractivity contribution in [3.63, 3.8) is 0 Å². The maximum absolute atomic E-state index is 12.0. The predicted molar refractivity (Wildman–Crippen MR) is 91.2 cm³/mol. The van der Waals surface area contributed by atoms with Gasteiger partial charge >= 0.3 is 11.9 Å². The molecule has 6 nitrogen and oxygen atoms in total. The van der Waals surface area contributed by atoms with Crippen molar-refractivity contribution >= 4 is 29.6 Å². The van der Waals surface area contributed by atoms with Gasteiger partial charge in [0.05, 0.1) is 11.6 Å². The van der Waals surface area contributed by atoms with E-state index < -0.39 is 17.7 Å². The van der Waals surface area contributed by atoms with Crippen molar-refractivity contribution in [2.24, 2.45) is 0 Å². The number of esters is 2. The Hall–Kier alpha value is -2.65. The highest BCUT2D eigenvalue weighted by Gasteiger charge is 2.38. The van der Waals surface area contributed by atoms with Crippen LogP contribution in [0.3, 0.4) is 0 Å². The number of halogens is 1. The third-order valence-corrected chi connectivity index (χ3v) is 3.34. The van der Waals surface area contributed by atoms with Crippen molar-refractivity contribution in [2.75, 3.05) is 13.2 Å². The number of terminal acetylenes is 1. The Kier molecular flexibility index (Phi) is 5.60. The van der Waals surface area contributed by atoms with Crippen molar-refractivity contribution < 1.29 is 28.5 Å². The van der Waals surface area contributed by atoms with Gasteiger partial charge in [-0.3, -0.25) is 0 Å². The summed E-state index contributed by atoms with van der Waals surface area (Å²) in [4.78, 5) is 24.1. The van der Waals surface area contributed by atoms with Gasteiger partial charge in [0.1, 0.15) is 12.2 Å². The van der Waals surface area contributed by atoms with Crippen LogP contribution in [0.4, 0.5) is 0 Å². The number of carbonyl (C=O) groups excluding carboxylic acids is 2. The molecule has 1 aromatic rings. The zero-order chi connectivity index (χ0) is 18.6. The summed E-state index contributed by atoms with van der Waals surface area (Å²) in [6.45, 7) is 5.12. The van der Waals surface area contributed by atoms with Crippen LogP contribution in [-0.4, -0.2) is 30.9 Å². The van der Waals surface area contributed by atoms with Crippen LogP contribution >= 0.6 is 11.6 Å². The minimum absolute atomic E-state index is 0.0218. The second-order valence-corrected chi connectivity index (χ2v) is 5.90. The Balaban J connectivity index is 2.41. The largest absolute Gasteiger partial charge is 0.490 e. The zero-order valence-corrected chi connectivity index (χ0v) is 14.8. The van der Waals surface area contributed by atoms with E-state index in [4.69, 9.17) is 37.0 Å². The lowest BCUT2D eigenvalue weighted by Crippen LogP contribution is -2.41. The Morgan fingerprint density at radius 3 is 2.44 bits per heavy atom. The highest BCUT2D eigenvalue weighted by Crippen LogP contribution is 2.37. The third-order valence-electron chi connectivity index (χ3n) is 3.06. The van der Waals surface area contributed by atoms with E-state index in [1.54, 1.807) is 13.0 Å². The van der Waals surface area contributed by atoms with E-state index in [0.29, 0.717) is 23.7 Å². The van der Waals surface area contributed by atoms with Crippen molar-refractivity contribution in [3.8, 4) is 23.8 Å². The second kappa shape index (κ2) is 7.49. The van der Waals surface area contributed by atoms with E-state index in [1.165, 1.54) is 26.0 Å². The van der Waals surface area contributed by atoms with Gasteiger partial charge in [-0.1, -0.05) is 17.5 Å². The van der Waals surface area contributed by atoms with Gasteiger partial charge in [0.15, 0.2) is 11.5 Å². The Morgan fingerprint density at radius 1 is 1.24 bits per heavy atom. The van der Waals surface area contributed by atoms with Crippen molar-refractivity contribution in [1.82, 2.24) is 0 Å². The van der Waals surface area contributed by atoms with Crippen LogP contribution < -0.4 is 9.47 Å². The first-order valence-corrected chi connectivity index (χ1v) is 7.86. The molecule has 1 fully saturated rings. The highest BCUT2D eigenvalue weighted by atomic mass is 35.5. The Bertz CT molecular complexity index is 751. The average molecular weight is 365 g/mol. The van der Waals surface area contributed by atoms with E-state index in [9.17, 15) is 9.59 Å². The molecule has 0 N–H and O–H groups in total. The molecule has 0 aromatic heterocycles. The zero-order valence-electron chi connectivity index (χ0n) is 14.1. The standard InChI is InChI=1S/C18H17ClO6/c1-5-7-23-15-13(19)9-11(10-14(15)22-6-2)8-12-16(20)24-18(3,4)25-17(12)21/h1,8-10H,6-7H2,2-4H3. The first-order chi connectivity index (χ1) is 11.8. The van der Waals surface area contributed by atoms with E-state index in [1.807, 2.05) is 0 Å². The van der Waals surface area contributed by atoms with Gasteiger partial charge in [0, 0.05) is 13.8 Å². The summed E-state index contributed by atoms with van der Waals surface area (Å²) < 4.78 is 21.0. The fourth-order valence-electron chi connectivity index (χ4n) is 2.13. The summed E-state index contributed by atoms with van der Waals surface area (Å²) in [6.07, 6.45) is 6.50. The highest BCUT2D eigenvalue weighted by molar-refractivity contribution is 6.32. The number of carbonyl (C=O) groups is 2. The molecule has 0 unspecified atom stereocenters. The van der Waals surface area contributed by atoms with Gasteiger partial charge in [-0.2, -0.15) is 0 Å². The summed E-state index contributed by atoms with van der Waals surface area (Å²) in [5, 5.41) is 0.228. The number of rotatable bonds is 5. The maximum Gasteiger partial charge on any atom is 0.348 e. The van der Waals surface area contributed by atoms with Crippen LogP contribution in [0.15, 0.2) is 17.7 Å². The van der Waals surface area contributed by atoms with Gasteiger partial charge in [-0.15, -0.1) is 6.42 Å². The molecule has 7 heteroatoms. The van der Waals surface area contributed by atoms with Crippen LogP contribution in [0, 0.1) is 12.3 Å². The number of benzene rings is 1. The molecule has 1 heterocycles. The smallest absolute Gasteiger partial charge is 0.348 e. The molecule has 0 amide bonds. The molecule has 0 spiro atoms. The number of cyclic esters (lactones) is 2. The summed E-state index contributed by atoms with van der Waals surface area (Å²) in [6, 6.07) is 3.10. The minimum atomic E-state index is -1.30. The third kappa shape index (κ3) is 4.46. The quantitative estimate of drug-likeness (QED) is 0.346. The van der Waals surface area contributed by atoms with Crippen LogP contribution in [-0.2, 0) is 19.1 Å². The monoisotopic (exact) mass is 364 g/mol. The number of ether oxygens (including phenoxy) is 4. The predicted octanol–water partition coefficient (Wildman–Crippen LogP) is 2.97. The van der Waals surface area contributed by atoms with E-state index >= 15 is 0 Å². The fraction of sp³-hybridized carbons (Fsp3) is 0.333. The van der Waals surface area contributed by atoms with Crippen LogP contribution in [0.25, 0.3) is 6.08 Å². The molecule has 1 saturated heterocycles. The van der Waals surface area contributed by atoms with E-state index in [-0.39, 0.29) is 17.2 Å². The first kappa shape index (κ1) is 18.7. The lowest BCUT2D eigenvalue weighted by molar-refractivity contribution is -0.222. The van der Waals surface area contributed by atoms with Gasteiger partial charge < -0.3 is 18.9 Å². The lowest BCUT2D eigenvalue weighted by atomic mass is 10.1. The van der Waals surface area contributed by atoms with Gasteiger partial charge in [-0.25, -0.2) is 9.59 Å². The second-order valence-electron chi connectivity index (χ2n) is 5.49. The summed E-state index contributed by atoms with van der Waals surface area (Å²) >= 11 is 6.21. The van der Waals surface area contributed by atoms with E-state index in [0.717, 1.165) is 0 Å². The SMILES string of the molecule is C#CCOc1c(Cl)cc(C=C2C(=O)OC(C)(C)OC2=O)cc1OCC. The summed E-state index contributed by atoms with van der Waals surface area (Å²) in [5.74, 6) is 0.125. The summed E-state index contributed by atoms with van der Waals surface area (Å²) in [7, 11) is 0. The van der Waals surface area contributed by atoms with Crippen molar-refractivity contribution in [3.05, 3.63) is 28.3 Å². The Morgan fingerprint density at radius 2 is 1.88 bits per heavy atom. The number of hydrogen-bond acceptors (Lipinski definition) is 6. The molecule has 2 rings (SSSR count). The first-order valence-electron chi connectivity index (χ1n) is 7.48. The molecule has 1 aliphatic heterocycles. The van der Waals surface area contributed by atoms with Crippen LogP contribution in [0.5, 0.6) is 11.5 Å². The maximum atomic E-state index is 12.0. The Labute approximate surface area is 150 Å². The lowest BCUT2D eigenvalue weighted by Gasteiger charge is -2.29. The van der Waals surface area contributed by atoms with Crippen molar-refractivity contribution in [1.29, 1.82) is 0 Å². The molecule has 132 valence electrons. The minimum Gasteiger partial charge on any atom is -0.490 e. The van der Waals surface area contributed by atoms with Crippen molar-refractivity contribution in [2.45, 2.75) is 26.6 Å². The molecule has 1 aliphatic rings. The molecule has 25 heavy (non-hydrogen) atoms. The molecule has 0 atom stereocenters. The normalized spacial score (nSPS) is 15.7. The molecule has 0 radical (unpaired) electrons. The van der Waals surface area contributed by atoms with E-state index in [2.05, 4.69) is 5.92 Å². The van der Waals surface area contributed by atoms with Gasteiger partial charge in [0.25, 0.3) is 5.79 Å². The van der Waals surface area contributed by atoms with Crippen LogP contribution in [0.2, 0.25) is 5.02 Å². The molecule has 0 bridgehead atoms. The molecule has 0 saturated carbocycles. The van der Waals surface area contributed by atoms with Crippen LogP contribution in [0.1, 0.15) is 26.3 Å². The summed E-state index contributed by atoms with van der Waals surface area (Å²) in [5.41, 5.74) is 0.209. The number of hydrogen-bond donors (Lipinski definition) is 0. The molecular formula is C18H17ClO6. The average Bonchev–Trinajstić information content (AvgIpc) is 2.49. The topological polar surface area (TPSA) is 71.1 Å².